The summed E-state index contributed by atoms with van der Waals surface area (Å²) < 4.78 is 11.2. The number of benzene rings is 1. The highest BCUT2D eigenvalue weighted by Crippen LogP contribution is 2.34. The second kappa shape index (κ2) is 13.9. The van der Waals surface area contributed by atoms with E-state index >= 15 is 0 Å². The van der Waals surface area contributed by atoms with Crippen molar-refractivity contribution >= 4 is 17.7 Å². The number of amides is 2. The quantitative estimate of drug-likeness (QED) is 0.335. The van der Waals surface area contributed by atoms with Crippen LogP contribution in [0.5, 0.6) is 5.75 Å². The highest BCUT2D eigenvalue weighted by Gasteiger charge is 2.29. The first-order valence-electron chi connectivity index (χ1n) is 14.4. The fourth-order valence-electron chi connectivity index (χ4n) is 5.45. The van der Waals surface area contributed by atoms with E-state index in [1.807, 2.05) is 53.7 Å². The SMILES string of the molecule is CCN(c1cc(OCCO)cc(C(=O)NCc2c(C)cc(C)[nH]c2=O)c1C)C1CCC(NC(=O)OC(C)(C)C)CC1. The number of nitrogens with zero attached hydrogens (tertiary/aromatic N) is 1. The minimum absolute atomic E-state index is 0.0508. The molecule has 226 valence electrons. The lowest BCUT2D eigenvalue weighted by molar-refractivity contribution is 0.0491. The molecule has 1 aromatic carbocycles. The molecule has 2 aromatic rings. The number of rotatable bonds is 10. The van der Waals surface area contributed by atoms with Crippen LogP contribution in [-0.2, 0) is 11.3 Å². The number of aromatic nitrogens is 1. The minimum Gasteiger partial charge on any atom is -0.491 e. The Morgan fingerprint density at radius 1 is 1.10 bits per heavy atom. The molecular formula is C31H46N4O6. The van der Waals surface area contributed by atoms with Crippen molar-refractivity contribution in [2.45, 2.75) is 98.4 Å². The fourth-order valence-corrected chi connectivity index (χ4v) is 5.45. The van der Waals surface area contributed by atoms with Crippen molar-refractivity contribution < 1.29 is 24.2 Å². The molecule has 1 heterocycles. The molecule has 41 heavy (non-hydrogen) atoms. The standard InChI is InChI=1S/C31H46N4O6/c1-8-35(23-11-9-22(10-12-23)34-30(39)41-31(5,6)7)27-17-24(40-14-13-36)16-25(21(27)4)28(37)32-18-26-19(2)15-20(3)33-29(26)38/h15-17,22-23,36H,8-14,18H2,1-7H3,(H,32,37)(H,33,38)(H,34,39). The van der Waals surface area contributed by atoms with E-state index in [4.69, 9.17) is 9.47 Å². The van der Waals surface area contributed by atoms with Crippen molar-refractivity contribution in [2.75, 3.05) is 24.7 Å². The molecule has 0 atom stereocenters. The zero-order chi connectivity index (χ0) is 30.3. The number of hydrogen-bond donors (Lipinski definition) is 4. The zero-order valence-corrected chi connectivity index (χ0v) is 25.5. The average molecular weight is 571 g/mol. The lowest BCUT2D eigenvalue weighted by atomic mass is 9.89. The fraction of sp³-hybridized carbons (Fsp3) is 0.581. The lowest BCUT2D eigenvalue weighted by Crippen LogP contribution is -2.45. The first kappa shape index (κ1) is 32.0. The predicted octanol–water partition coefficient (Wildman–Crippen LogP) is 4.26. The molecule has 1 fully saturated rings. The number of carbonyl (C=O) groups is 2. The van der Waals surface area contributed by atoms with Gasteiger partial charge in [-0.05, 0) is 97.4 Å². The summed E-state index contributed by atoms with van der Waals surface area (Å²) in [5, 5.41) is 15.2. The van der Waals surface area contributed by atoms with Crippen molar-refractivity contribution in [3.05, 3.63) is 56.5 Å². The van der Waals surface area contributed by atoms with Gasteiger partial charge in [0.05, 0.1) is 6.61 Å². The van der Waals surface area contributed by atoms with E-state index < -0.39 is 11.7 Å². The number of anilines is 1. The highest BCUT2D eigenvalue weighted by atomic mass is 16.6. The van der Waals surface area contributed by atoms with Crippen LogP contribution in [0, 0.1) is 20.8 Å². The van der Waals surface area contributed by atoms with Gasteiger partial charge in [-0.2, -0.15) is 0 Å². The number of aliphatic hydroxyl groups is 1. The van der Waals surface area contributed by atoms with E-state index in [2.05, 4.69) is 27.4 Å². The van der Waals surface area contributed by atoms with Crippen LogP contribution in [0.15, 0.2) is 23.0 Å². The Morgan fingerprint density at radius 3 is 2.37 bits per heavy atom. The van der Waals surface area contributed by atoms with Crippen LogP contribution < -0.4 is 25.8 Å². The second-order valence-electron chi connectivity index (χ2n) is 11.8. The average Bonchev–Trinajstić information content (AvgIpc) is 2.88. The van der Waals surface area contributed by atoms with Crippen LogP contribution in [0.4, 0.5) is 10.5 Å². The highest BCUT2D eigenvalue weighted by molar-refractivity contribution is 5.97. The third-order valence-electron chi connectivity index (χ3n) is 7.39. The normalized spacial score (nSPS) is 17.1. The van der Waals surface area contributed by atoms with Gasteiger partial charge >= 0.3 is 6.09 Å². The van der Waals surface area contributed by atoms with Gasteiger partial charge in [-0.3, -0.25) is 9.59 Å². The maximum atomic E-state index is 13.4. The smallest absolute Gasteiger partial charge is 0.407 e. The Kier molecular flexibility index (Phi) is 10.8. The molecule has 0 aliphatic heterocycles. The number of nitrogens with one attached hydrogen (secondary N) is 3. The molecule has 4 N–H and O–H groups in total. The molecule has 10 heteroatoms. The largest absolute Gasteiger partial charge is 0.491 e. The van der Waals surface area contributed by atoms with Crippen LogP contribution in [0.2, 0.25) is 0 Å². The molecule has 0 saturated heterocycles. The number of H-pyrrole nitrogens is 1. The Bertz CT molecular complexity index is 1270. The van der Waals surface area contributed by atoms with Gasteiger partial charge in [0.2, 0.25) is 0 Å². The Hall–Kier alpha value is -3.53. The molecule has 0 unspecified atom stereocenters. The van der Waals surface area contributed by atoms with Gasteiger partial charge in [-0.25, -0.2) is 4.79 Å². The number of carbonyl (C=O) groups excluding carboxylic acids is 2. The molecule has 1 saturated carbocycles. The maximum absolute atomic E-state index is 13.4. The molecule has 0 radical (unpaired) electrons. The van der Waals surface area contributed by atoms with Crippen LogP contribution in [0.1, 0.15) is 86.1 Å². The van der Waals surface area contributed by atoms with Crippen LogP contribution in [0.25, 0.3) is 0 Å². The van der Waals surface area contributed by atoms with Gasteiger partial charge in [0.1, 0.15) is 18.0 Å². The maximum Gasteiger partial charge on any atom is 0.407 e. The van der Waals surface area contributed by atoms with Gasteiger partial charge in [-0.15, -0.1) is 0 Å². The molecule has 0 bridgehead atoms. The van der Waals surface area contributed by atoms with E-state index in [1.54, 1.807) is 6.07 Å². The molecular weight excluding hydrogens is 524 g/mol. The van der Waals surface area contributed by atoms with E-state index in [1.165, 1.54) is 0 Å². The molecule has 3 rings (SSSR count). The van der Waals surface area contributed by atoms with E-state index in [0.717, 1.165) is 54.7 Å². The number of aliphatic hydroxyl groups excluding tert-OH is 1. The topological polar surface area (TPSA) is 133 Å². The summed E-state index contributed by atoms with van der Waals surface area (Å²) in [5.74, 6) is 0.187. The van der Waals surface area contributed by atoms with Gasteiger partial charge in [-0.1, -0.05) is 0 Å². The van der Waals surface area contributed by atoms with E-state index in [9.17, 15) is 19.5 Å². The molecule has 2 amide bonds. The Balaban J connectivity index is 1.80. The van der Waals surface area contributed by atoms with Gasteiger partial charge in [0, 0.05) is 53.7 Å². The monoisotopic (exact) mass is 570 g/mol. The summed E-state index contributed by atoms with van der Waals surface area (Å²) in [4.78, 5) is 43.2. The van der Waals surface area contributed by atoms with Gasteiger partial charge in [0.25, 0.3) is 11.5 Å². The number of aryl methyl sites for hydroxylation is 2. The molecule has 1 aromatic heterocycles. The second-order valence-corrected chi connectivity index (χ2v) is 11.8. The zero-order valence-electron chi connectivity index (χ0n) is 25.5. The number of ether oxygens (including phenoxy) is 2. The summed E-state index contributed by atoms with van der Waals surface area (Å²) in [5.41, 5.74) is 3.50. The molecule has 0 spiro atoms. The Labute approximate surface area is 242 Å². The first-order valence-corrected chi connectivity index (χ1v) is 14.4. The molecule has 1 aliphatic carbocycles. The summed E-state index contributed by atoms with van der Waals surface area (Å²) in [7, 11) is 0. The van der Waals surface area contributed by atoms with E-state index in [-0.39, 0.29) is 43.3 Å². The summed E-state index contributed by atoms with van der Waals surface area (Å²) in [6.07, 6.45) is 2.98. The summed E-state index contributed by atoms with van der Waals surface area (Å²) in [6.45, 7) is 14.0. The van der Waals surface area contributed by atoms with Crippen molar-refractivity contribution in [2.24, 2.45) is 0 Å². The van der Waals surface area contributed by atoms with Crippen LogP contribution in [-0.4, -0.2) is 59.5 Å². The van der Waals surface area contributed by atoms with Crippen molar-refractivity contribution in [3.63, 3.8) is 0 Å². The van der Waals surface area contributed by atoms with Crippen molar-refractivity contribution in [1.82, 2.24) is 15.6 Å². The van der Waals surface area contributed by atoms with Crippen molar-refractivity contribution in [3.8, 4) is 5.75 Å². The minimum atomic E-state index is -0.542. The third kappa shape index (κ3) is 8.73. The number of alkyl carbamates (subject to hydrolysis) is 1. The Morgan fingerprint density at radius 2 is 1.78 bits per heavy atom. The van der Waals surface area contributed by atoms with Crippen LogP contribution >= 0.6 is 0 Å². The summed E-state index contributed by atoms with van der Waals surface area (Å²) in [6, 6.07) is 5.76. The lowest BCUT2D eigenvalue weighted by Gasteiger charge is -2.39. The number of pyridine rings is 1. The van der Waals surface area contributed by atoms with Crippen LogP contribution in [0.3, 0.4) is 0 Å². The first-order chi connectivity index (χ1) is 19.3. The van der Waals surface area contributed by atoms with Crippen molar-refractivity contribution in [1.29, 1.82) is 0 Å². The molecule has 1 aliphatic rings. The van der Waals surface area contributed by atoms with E-state index in [0.29, 0.717) is 16.9 Å². The summed E-state index contributed by atoms with van der Waals surface area (Å²) >= 11 is 0. The number of hydrogen-bond acceptors (Lipinski definition) is 7. The third-order valence-corrected chi connectivity index (χ3v) is 7.39. The van der Waals surface area contributed by atoms with Gasteiger partial charge < -0.3 is 35.1 Å². The molecule has 10 nitrogen and oxygen atoms in total. The van der Waals surface area contributed by atoms with Gasteiger partial charge in [0.15, 0.2) is 0 Å². The number of aromatic amines is 1. The predicted molar refractivity (Wildman–Crippen MR) is 160 cm³/mol.